The summed E-state index contributed by atoms with van der Waals surface area (Å²) in [7, 11) is 0. The number of hydrogen-bond acceptors (Lipinski definition) is 4. The van der Waals surface area contributed by atoms with Crippen LogP contribution in [0.2, 0.25) is 0 Å². The Hall–Kier alpha value is -1.66. The number of nitrogens with zero attached hydrogens (tertiary/aromatic N) is 2. The number of carbonyl (C=O) groups is 2. The van der Waals surface area contributed by atoms with Gasteiger partial charge in [-0.25, -0.2) is 0 Å². The molecule has 0 saturated carbocycles. The summed E-state index contributed by atoms with van der Waals surface area (Å²) < 4.78 is 0. The van der Waals surface area contributed by atoms with E-state index in [0.717, 1.165) is 32.7 Å². The highest BCUT2D eigenvalue weighted by Crippen LogP contribution is 1.93. The average Bonchev–Trinajstić information content (AvgIpc) is 2.47. The summed E-state index contributed by atoms with van der Waals surface area (Å²) in [4.78, 5) is 27.3. The van der Waals surface area contributed by atoms with Gasteiger partial charge in [0.05, 0.1) is 0 Å². The van der Waals surface area contributed by atoms with Gasteiger partial charge in [-0.1, -0.05) is 12.2 Å². The summed E-state index contributed by atoms with van der Waals surface area (Å²) in [5.41, 5.74) is 0. The molecule has 20 heavy (non-hydrogen) atoms. The molecule has 0 aromatic heterocycles. The van der Waals surface area contributed by atoms with Crippen LogP contribution in [-0.4, -0.2) is 74.0 Å². The monoisotopic (exact) mass is 280 g/mol. The number of nitrogens with one attached hydrogen (secondary N) is 2. The second kappa shape index (κ2) is 9.28. The van der Waals surface area contributed by atoms with Crippen LogP contribution in [0, 0.1) is 0 Å². The van der Waals surface area contributed by atoms with Crippen molar-refractivity contribution in [2.45, 2.75) is 0 Å². The summed E-state index contributed by atoms with van der Waals surface area (Å²) >= 11 is 0. The van der Waals surface area contributed by atoms with E-state index in [0.29, 0.717) is 19.6 Å². The molecule has 6 heteroatoms. The smallest absolute Gasteiger partial charge is 0.312 e. The van der Waals surface area contributed by atoms with Gasteiger partial charge in [-0.05, 0) is 0 Å². The maximum Gasteiger partial charge on any atom is 0.312 e. The normalized spacial score (nSPS) is 15.4. The second-order valence-electron chi connectivity index (χ2n) is 4.64. The quantitative estimate of drug-likeness (QED) is 0.474. The summed E-state index contributed by atoms with van der Waals surface area (Å²) in [5, 5.41) is 5.93. The number of carbonyl (C=O) groups excluding carboxylic acids is 2. The van der Waals surface area contributed by atoms with Crippen molar-refractivity contribution in [3.8, 4) is 0 Å². The fourth-order valence-corrected chi connectivity index (χ4v) is 2.03. The molecule has 0 radical (unpaired) electrons. The maximum absolute atomic E-state index is 11.9. The molecule has 1 aliphatic rings. The van der Waals surface area contributed by atoms with Crippen molar-refractivity contribution >= 4 is 11.8 Å². The molecule has 0 unspecified atom stereocenters. The Morgan fingerprint density at radius 2 is 1.80 bits per heavy atom. The first kappa shape index (κ1) is 16.4. The van der Waals surface area contributed by atoms with Crippen LogP contribution in [0.25, 0.3) is 0 Å². The van der Waals surface area contributed by atoms with Crippen LogP contribution in [0.4, 0.5) is 0 Å². The first-order valence-corrected chi connectivity index (χ1v) is 6.91. The fourth-order valence-electron chi connectivity index (χ4n) is 2.03. The van der Waals surface area contributed by atoms with Crippen LogP contribution < -0.4 is 10.6 Å². The van der Waals surface area contributed by atoms with E-state index in [4.69, 9.17) is 0 Å². The molecular weight excluding hydrogens is 256 g/mol. The molecule has 0 aromatic rings. The Balaban J connectivity index is 2.30. The van der Waals surface area contributed by atoms with Crippen molar-refractivity contribution in [2.24, 2.45) is 0 Å². The zero-order chi connectivity index (χ0) is 14.8. The zero-order valence-corrected chi connectivity index (χ0v) is 11.9. The minimum absolute atomic E-state index is 0.343. The lowest BCUT2D eigenvalue weighted by Crippen LogP contribution is -2.48. The van der Waals surface area contributed by atoms with Crippen molar-refractivity contribution in [3.63, 3.8) is 0 Å². The van der Waals surface area contributed by atoms with Gasteiger partial charge in [0.15, 0.2) is 0 Å². The predicted octanol–water partition coefficient (Wildman–Crippen LogP) is -0.792. The van der Waals surface area contributed by atoms with E-state index in [1.54, 1.807) is 12.2 Å². The summed E-state index contributed by atoms with van der Waals surface area (Å²) in [6.07, 6.45) is 3.19. The van der Waals surface area contributed by atoms with Crippen LogP contribution in [0.15, 0.2) is 25.3 Å². The predicted molar refractivity (Wildman–Crippen MR) is 79.3 cm³/mol. The maximum atomic E-state index is 11.9. The van der Waals surface area contributed by atoms with E-state index in [2.05, 4.69) is 28.7 Å². The Morgan fingerprint density at radius 1 is 1.20 bits per heavy atom. The van der Waals surface area contributed by atoms with Crippen LogP contribution in [0.5, 0.6) is 0 Å². The molecule has 1 rings (SSSR count). The largest absolute Gasteiger partial charge is 0.347 e. The lowest BCUT2D eigenvalue weighted by Gasteiger charge is -2.27. The average molecular weight is 280 g/mol. The second-order valence-corrected chi connectivity index (χ2v) is 4.64. The van der Waals surface area contributed by atoms with Crippen LogP contribution in [0.1, 0.15) is 0 Å². The molecule has 1 heterocycles. The lowest BCUT2D eigenvalue weighted by atomic mass is 10.3. The molecule has 0 spiro atoms. The SMILES string of the molecule is C=CCN(CC=C)C(=O)C(=O)NCCN1CCNCC1. The Kier molecular flexibility index (Phi) is 7.60. The van der Waals surface area contributed by atoms with Gasteiger partial charge in [0, 0.05) is 52.4 Å². The molecule has 112 valence electrons. The van der Waals surface area contributed by atoms with E-state index in [1.807, 2.05) is 0 Å². The Bertz CT molecular complexity index is 341. The molecule has 1 fully saturated rings. The molecule has 0 atom stereocenters. The molecule has 1 aliphatic heterocycles. The third-order valence-electron chi connectivity index (χ3n) is 3.10. The van der Waals surface area contributed by atoms with Crippen molar-refractivity contribution in [3.05, 3.63) is 25.3 Å². The minimum Gasteiger partial charge on any atom is -0.347 e. The van der Waals surface area contributed by atoms with Crippen LogP contribution >= 0.6 is 0 Å². The van der Waals surface area contributed by atoms with Crippen molar-refractivity contribution in [2.75, 3.05) is 52.4 Å². The van der Waals surface area contributed by atoms with Crippen LogP contribution in [0.3, 0.4) is 0 Å². The first-order chi connectivity index (χ1) is 9.69. The van der Waals surface area contributed by atoms with Gasteiger partial charge in [0.25, 0.3) is 0 Å². The van der Waals surface area contributed by atoms with Crippen LogP contribution in [-0.2, 0) is 9.59 Å². The fraction of sp³-hybridized carbons (Fsp3) is 0.571. The molecule has 2 amide bonds. The van der Waals surface area contributed by atoms with E-state index in [9.17, 15) is 9.59 Å². The Morgan fingerprint density at radius 3 is 2.35 bits per heavy atom. The van der Waals surface area contributed by atoms with Gasteiger partial charge in [-0.3, -0.25) is 14.5 Å². The summed E-state index contributed by atoms with van der Waals surface area (Å²) in [6, 6.07) is 0. The van der Waals surface area contributed by atoms with Gasteiger partial charge in [0.1, 0.15) is 0 Å². The lowest BCUT2D eigenvalue weighted by molar-refractivity contribution is -0.145. The first-order valence-electron chi connectivity index (χ1n) is 6.91. The highest BCUT2D eigenvalue weighted by molar-refractivity contribution is 6.35. The zero-order valence-electron chi connectivity index (χ0n) is 11.9. The third-order valence-corrected chi connectivity index (χ3v) is 3.10. The molecule has 1 saturated heterocycles. The minimum atomic E-state index is -0.566. The van der Waals surface area contributed by atoms with E-state index in [-0.39, 0.29) is 0 Å². The third kappa shape index (κ3) is 5.54. The highest BCUT2D eigenvalue weighted by atomic mass is 16.2. The highest BCUT2D eigenvalue weighted by Gasteiger charge is 2.19. The van der Waals surface area contributed by atoms with Crippen molar-refractivity contribution in [1.82, 2.24) is 20.4 Å². The number of piperazine rings is 1. The number of amides is 2. The molecule has 0 bridgehead atoms. The van der Waals surface area contributed by atoms with Gasteiger partial charge >= 0.3 is 11.8 Å². The van der Waals surface area contributed by atoms with Crippen molar-refractivity contribution < 1.29 is 9.59 Å². The topological polar surface area (TPSA) is 64.7 Å². The standard InChI is InChI=1S/C14H24N4O2/c1-3-8-18(9-4-2)14(20)13(19)16-7-12-17-10-5-15-6-11-17/h3-4,15H,1-2,5-12H2,(H,16,19). The molecule has 2 N–H and O–H groups in total. The molecule has 0 aromatic carbocycles. The molecular formula is C14H24N4O2. The van der Waals surface area contributed by atoms with E-state index < -0.39 is 11.8 Å². The molecule has 6 nitrogen and oxygen atoms in total. The number of rotatable bonds is 7. The van der Waals surface area contributed by atoms with E-state index >= 15 is 0 Å². The summed E-state index contributed by atoms with van der Waals surface area (Å²) in [6.45, 7) is 13.0. The van der Waals surface area contributed by atoms with Gasteiger partial charge in [-0.15, -0.1) is 13.2 Å². The van der Waals surface area contributed by atoms with Gasteiger partial charge < -0.3 is 15.5 Å². The van der Waals surface area contributed by atoms with Crippen molar-refractivity contribution in [1.29, 1.82) is 0 Å². The van der Waals surface area contributed by atoms with Gasteiger partial charge in [-0.2, -0.15) is 0 Å². The van der Waals surface area contributed by atoms with E-state index in [1.165, 1.54) is 4.90 Å². The Labute approximate surface area is 120 Å². The molecule has 0 aliphatic carbocycles. The number of hydrogen-bond donors (Lipinski definition) is 2. The van der Waals surface area contributed by atoms with Gasteiger partial charge in [0.2, 0.25) is 0 Å². The summed E-state index contributed by atoms with van der Waals surface area (Å²) in [5.74, 6) is -1.10.